The van der Waals surface area contributed by atoms with Gasteiger partial charge in [0.25, 0.3) is 0 Å². The minimum absolute atomic E-state index is 0.185. The number of rotatable bonds is 7. The number of nitrogens with zero attached hydrogens (tertiary/aromatic N) is 4. The summed E-state index contributed by atoms with van der Waals surface area (Å²) in [5.41, 5.74) is 1.03. The summed E-state index contributed by atoms with van der Waals surface area (Å²) in [5.74, 6) is 0.875. The number of nitrogens with one attached hydrogen (secondary N) is 1. The lowest BCUT2D eigenvalue weighted by Crippen LogP contribution is -2.51. The number of benzene rings is 1. The van der Waals surface area contributed by atoms with Gasteiger partial charge in [0, 0.05) is 72.0 Å². The van der Waals surface area contributed by atoms with E-state index >= 15 is 0 Å². The first-order valence-electron chi connectivity index (χ1n) is 12.1. The highest BCUT2D eigenvalue weighted by molar-refractivity contribution is 5.67. The lowest BCUT2D eigenvalue weighted by molar-refractivity contribution is 0.0663. The molecule has 0 radical (unpaired) electrons. The van der Waals surface area contributed by atoms with Crippen LogP contribution < -0.4 is 5.32 Å². The molecule has 0 saturated carbocycles. The Bertz CT molecular complexity index is 651. The second-order valence-electron chi connectivity index (χ2n) is 9.20. The molecule has 0 bridgehead atoms. The van der Waals surface area contributed by atoms with E-state index in [9.17, 15) is 4.79 Å². The van der Waals surface area contributed by atoms with Crippen molar-refractivity contribution in [2.75, 3.05) is 85.1 Å². The lowest BCUT2D eigenvalue weighted by atomic mass is 9.96. The van der Waals surface area contributed by atoms with Crippen LogP contribution >= 0.6 is 0 Å². The zero-order chi connectivity index (χ0) is 21.3. The van der Waals surface area contributed by atoms with E-state index in [1.165, 1.54) is 45.6 Å². The standard InChI is InChI=1S/C24H39N5O2/c30-24(31-21-23-4-2-1-3-5-23)29-18-16-27(17-19-29)15-14-26-10-6-22(7-11-26)20-28-12-8-25-9-13-28/h1-5,22,25H,6-21H2. The molecule has 3 saturated heterocycles. The Hall–Kier alpha value is -1.67. The van der Waals surface area contributed by atoms with E-state index in [2.05, 4.69) is 20.0 Å². The number of carbonyl (C=O) groups excluding carboxylic acids is 1. The van der Waals surface area contributed by atoms with Crippen LogP contribution in [0.1, 0.15) is 18.4 Å². The highest BCUT2D eigenvalue weighted by Gasteiger charge is 2.25. The van der Waals surface area contributed by atoms with E-state index in [0.717, 1.165) is 63.8 Å². The van der Waals surface area contributed by atoms with Crippen LogP contribution in [-0.2, 0) is 11.3 Å². The minimum atomic E-state index is -0.185. The van der Waals surface area contributed by atoms with Crippen molar-refractivity contribution in [2.24, 2.45) is 5.92 Å². The normalized spacial score (nSPS) is 22.5. The van der Waals surface area contributed by atoms with Crippen molar-refractivity contribution in [1.82, 2.24) is 24.9 Å². The highest BCUT2D eigenvalue weighted by Crippen LogP contribution is 2.19. The summed E-state index contributed by atoms with van der Waals surface area (Å²) in [7, 11) is 0. The van der Waals surface area contributed by atoms with Gasteiger partial charge >= 0.3 is 6.09 Å². The van der Waals surface area contributed by atoms with Gasteiger partial charge in [0.2, 0.25) is 0 Å². The number of piperidine rings is 1. The Morgan fingerprint density at radius 3 is 2.16 bits per heavy atom. The quantitative estimate of drug-likeness (QED) is 0.710. The predicted molar refractivity (Wildman–Crippen MR) is 123 cm³/mol. The molecule has 7 nitrogen and oxygen atoms in total. The third-order valence-corrected chi connectivity index (χ3v) is 7.00. The summed E-state index contributed by atoms with van der Waals surface area (Å²) in [4.78, 5) is 21.9. The topological polar surface area (TPSA) is 51.3 Å². The fourth-order valence-electron chi connectivity index (χ4n) is 4.90. The second kappa shape index (κ2) is 11.8. The molecule has 0 aliphatic carbocycles. The van der Waals surface area contributed by atoms with Crippen LogP contribution in [0.15, 0.2) is 30.3 Å². The van der Waals surface area contributed by atoms with Crippen molar-refractivity contribution in [3.05, 3.63) is 35.9 Å². The molecule has 3 aliphatic rings. The van der Waals surface area contributed by atoms with E-state index in [1.54, 1.807) is 0 Å². The molecule has 4 rings (SSSR count). The smallest absolute Gasteiger partial charge is 0.410 e. The van der Waals surface area contributed by atoms with Crippen LogP contribution in [-0.4, -0.2) is 111 Å². The molecule has 0 unspecified atom stereocenters. The number of hydrogen-bond donors (Lipinski definition) is 1. The molecule has 1 N–H and O–H groups in total. The van der Waals surface area contributed by atoms with Gasteiger partial charge in [-0.2, -0.15) is 0 Å². The molecule has 1 amide bonds. The van der Waals surface area contributed by atoms with E-state index in [4.69, 9.17) is 4.74 Å². The molecule has 172 valence electrons. The number of likely N-dealkylation sites (tertiary alicyclic amines) is 1. The van der Waals surface area contributed by atoms with Gasteiger partial charge in [-0.15, -0.1) is 0 Å². The summed E-state index contributed by atoms with van der Waals surface area (Å²) < 4.78 is 5.48. The van der Waals surface area contributed by atoms with Crippen LogP contribution in [0.2, 0.25) is 0 Å². The third kappa shape index (κ3) is 7.17. The van der Waals surface area contributed by atoms with Gasteiger partial charge < -0.3 is 24.8 Å². The first-order valence-corrected chi connectivity index (χ1v) is 12.1. The van der Waals surface area contributed by atoms with Crippen molar-refractivity contribution in [3.63, 3.8) is 0 Å². The van der Waals surface area contributed by atoms with Gasteiger partial charge in [-0.1, -0.05) is 30.3 Å². The number of amides is 1. The van der Waals surface area contributed by atoms with Gasteiger partial charge in [0.1, 0.15) is 6.61 Å². The summed E-state index contributed by atoms with van der Waals surface area (Å²) >= 11 is 0. The molecule has 3 heterocycles. The average molecular weight is 430 g/mol. The summed E-state index contributed by atoms with van der Waals surface area (Å²) in [6.07, 6.45) is 2.49. The number of ether oxygens (including phenoxy) is 1. The summed E-state index contributed by atoms with van der Waals surface area (Å²) in [5, 5.41) is 3.45. The van der Waals surface area contributed by atoms with Crippen LogP contribution in [0, 0.1) is 5.92 Å². The van der Waals surface area contributed by atoms with Crippen LogP contribution in [0.25, 0.3) is 0 Å². The number of piperazine rings is 2. The average Bonchev–Trinajstić information content (AvgIpc) is 2.84. The first kappa shape index (κ1) is 22.5. The van der Waals surface area contributed by atoms with E-state index in [0.29, 0.717) is 6.61 Å². The molecule has 7 heteroatoms. The predicted octanol–water partition coefficient (Wildman–Crippen LogP) is 1.56. The molecule has 31 heavy (non-hydrogen) atoms. The molecule has 1 aromatic rings. The van der Waals surface area contributed by atoms with E-state index < -0.39 is 0 Å². The van der Waals surface area contributed by atoms with Gasteiger partial charge in [-0.05, 0) is 37.4 Å². The molecule has 0 spiro atoms. The Kier molecular flexibility index (Phi) is 8.58. The lowest BCUT2D eigenvalue weighted by Gasteiger charge is -2.38. The van der Waals surface area contributed by atoms with E-state index in [1.807, 2.05) is 35.2 Å². The Balaban J connectivity index is 1.07. The SMILES string of the molecule is O=C(OCc1ccccc1)N1CCN(CCN2CCC(CN3CCNCC3)CC2)CC1. The van der Waals surface area contributed by atoms with Crippen LogP contribution in [0.3, 0.4) is 0 Å². The monoisotopic (exact) mass is 429 g/mol. The van der Waals surface area contributed by atoms with Crippen molar-refractivity contribution in [2.45, 2.75) is 19.4 Å². The molecule has 1 aromatic carbocycles. The molecule has 3 fully saturated rings. The molecular formula is C24H39N5O2. The highest BCUT2D eigenvalue weighted by atomic mass is 16.6. The van der Waals surface area contributed by atoms with Gasteiger partial charge in [-0.3, -0.25) is 4.90 Å². The fraction of sp³-hybridized carbons (Fsp3) is 0.708. The van der Waals surface area contributed by atoms with Crippen LogP contribution in [0.5, 0.6) is 0 Å². The van der Waals surface area contributed by atoms with Crippen LogP contribution in [0.4, 0.5) is 4.79 Å². The van der Waals surface area contributed by atoms with Crippen molar-refractivity contribution >= 4 is 6.09 Å². The molecule has 0 atom stereocenters. The molecular weight excluding hydrogens is 390 g/mol. The van der Waals surface area contributed by atoms with Gasteiger partial charge in [0.05, 0.1) is 0 Å². The Morgan fingerprint density at radius 2 is 1.48 bits per heavy atom. The van der Waals surface area contributed by atoms with Crippen molar-refractivity contribution < 1.29 is 9.53 Å². The molecule has 0 aromatic heterocycles. The van der Waals surface area contributed by atoms with E-state index in [-0.39, 0.29) is 6.09 Å². The number of hydrogen-bond acceptors (Lipinski definition) is 6. The minimum Gasteiger partial charge on any atom is -0.445 e. The second-order valence-corrected chi connectivity index (χ2v) is 9.20. The number of carbonyl (C=O) groups is 1. The maximum absolute atomic E-state index is 12.3. The zero-order valence-corrected chi connectivity index (χ0v) is 18.9. The van der Waals surface area contributed by atoms with Crippen molar-refractivity contribution in [3.8, 4) is 0 Å². The first-order chi connectivity index (χ1) is 15.3. The summed E-state index contributed by atoms with van der Waals surface area (Å²) in [6, 6.07) is 9.88. The Labute approximate surface area is 187 Å². The largest absolute Gasteiger partial charge is 0.445 e. The van der Waals surface area contributed by atoms with Crippen molar-refractivity contribution in [1.29, 1.82) is 0 Å². The Morgan fingerprint density at radius 1 is 0.839 bits per heavy atom. The van der Waals surface area contributed by atoms with Gasteiger partial charge in [0.15, 0.2) is 0 Å². The zero-order valence-electron chi connectivity index (χ0n) is 18.9. The van der Waals surface area contributed by atoms with Gasteiger partial charge in [-0.25, -0.2) is 4.79 Å². The molecule has 3 aliphatic heterocycles. The fourth-order valence-corrected chi connectivity index (χ4v) is 4.90. The maximum Gasteiger partial charge on any atom is 0.410 e. The third-order valence-electron chi connectivity index (χ3n) is 7.00. The summed E-state index contributed by atoms with van der Waals surface area (Å²) in [6.45, 7) is 14.5. The maximum atomic E-state index is 12.3.